The van der Waals surface area contributed by atoms with Crippen molar-refractivity contribution in [3.8, 4) is 0 Å². The Morgan fingerprint density at radius 3 is 2.16 bits per heavy atom. The van der Waals surface area contributed by atoms with Crippen molar-refractivity contribution >= 4 is 23.7 Å². The molecule has 1 aromatic rings. The molecule has 98 valence electrons. The topological polar surface area (TPSA) is 58.6 Å². The Bertz CT molecular complexity index is 476. The fourth-order valence-electron chi connectivity index (χ4n) is 1.74. The molecule has 4 nitrogen and oxygen atoms in total. The van der Waals surface area contributed by atoms with Crippen LogP contribution in [0, 0.1) is 0 Å². The number of rotatable bonds is 2. The normalized spacial score (nSPS) is 21.8. The Hall–Kier alpha value is 0.315. The van der Waals surface area contributed by atoms with Gasteiger partial charge in [0.2, 0.25) is 0 Å². The van der Waals surface area contributed by atoms with Crippen molar-refractivity contribution in [2.45, 2.75) is 43.8 Å². The number of benzene rings is 1. The van der Waals surface area contributed by atoms with Crippen molar-refractivity contribution < 1.29 is 47.6 Å². The van der Waals surface area contributed by atoms with E-state index in [0.29, 0.717) is 0 Å². The van der Waals surface area contributed by atoms with Gasteiger partial charge in [-0.25, -0.2) is 0 Å². The van der Waals surface area contributed by atoms with Crippen LogP contribution in [0.5, 0.6) is 0 Å². The smallest absolute Gasteiger partial charge is 0.768 e. The minimum atomic E-state index is -2.24. The van der Waals surface area contributed by atoms with Gasteiger partial charge in [-0.15, -0.1) is 0 Å². The van der Waals surface area contributed by atoms with E-state index in [2.05, 4.69) is 0 Å². The van der Waals surface area contributed by atoms with E-state index in [1.54, 1.807) is 18.2 Å². The van der Waals surface area contributed by atoms with Gasteiger partial charge in [0.25, 0.3) is 0 Å². The van der Waals surface area contributed by atoms with Crippen LogP contribution in [0.4, 0.5) is 0 Å². The van der Waals surface area contributed by atoms with Crippen molar-refractivity contribution in [3.05, 3.63) is 24.3 Å². The van der Waals surface area contributed by atoms with E-state index in [0.717, 1.165) is 5.46 Å². The quantitative estimate of drug-likeness (QED) is 0.478. The molecule has 0 aliphatic carbocycles. The third kappa shape index (κ3) is 3.50. The van der Waals surface area contributed by atoms with Gasteiger partial charge in [0.15, 0.2) is 0 Å². The first-order chi connectivity index (χ1) is 8.23. The van der Waals surface area contributed by atoms with Crippen molar-refractivity contribution in [2.75, 3.05) is 0 Å². The fourth-order valence-corrected chi connectivity index (χ4v) is 2.17. The van der Waals surface area contributed by atoms with E-state index in [1.165, 1.54) is 6.07 Å². The van der Waals surface area contributed by atoms with Crippen molar-refractivity contribution in [3.63, 3.8) is 0 Å². The van der Waals surface area contributed by atoms with E-state index in [-0.39, 0.29) is 34.5 Å². The van der Waals surface area contributed by atoms with Crippen molar-refractivity contribution in [1.82, 2.24) is 0 Å². The molecule has 1 saturated heterocycles. The summed E-state index contributed by atoms with van der Waals surface area (Å²) in [6.45, 7) is 7.84. The van der Waals surface area contributed by atoms with Crippen LogP contribution >= 0.6 is 0 Å². The largest absolute Gasteiger partial charge is 1.00 e. The SMILES string of the molecule is CC1(C)OB(c2cccc(S(=O)[O-])c2)OC1(C)C.[Na+]. The van der Waals surface area contributed by atoms with Crippen molar-refractivity contribution in [1.29, 1.82) is 0 Å². The molecule has 0 spiro atoms. The predicted molar refractivity (Wildman–Crippen MR) is 69.3 cm³/mol. The second-order valence-electron chi connectivity index (χ2n) is 5.40. The second kappa shape index (κ2) is 5.97. The maximum Gasteiger partial charge on any atom is 1.00 e. The molecule has 0 N–H and O–H groups in total. The van der Waals surface area contributed by atoms with Gasteiger partial charge in [0.05, 0.1) is 11.2 Å². The van der Waals surface area contributed by atoms with Gasteiger partial charge in [-0.05, 0) is 56.4 Å². The van der Waals surface area contributed by atoms with Crippen molar-refractivity contribution in [2.24, 2.45) is 0 Å². The molecule has 1 aliphatic rings. The van der Waals surface area contributed by atoms with Crippen LogP contribution in [-0.4, -0.2) is 27.1 Å². The summed E-state index contributed by atoms with van der Waals surface area (Å²) in [5.41, 5.74) is -0.135. The number of hydrogen-bond donors (Lipinski definition) is 0. The Morgan fingerprint density at radius 1 is 1.16 bits per heavy atom. The summed E-state index contributed by atoms with van der Waals surface area (Å²) in [5.74, 6) is 0. The van der Waals surface area contributed by atoms with E-state index in [1.807, 2.05) is 27.7 Å². The third-order valence-corrected chi connectivity index (χ3v) is 4.21. The Balaban J connectivity index is 0.00000180. The first kappa shape index (κ1) is 17.4. The summed E-state index contributed by atoms with van der Waals surface area (Å²) in [6.07, 6.45) is 0. The van der Waals surface area contributed by atoms with Crippen LogP contribution in [0.15, 0.2) is 29.2 Å². The minimum absolute atomic E-state index is 0. The first-order valence-corrected chi connectivity index (χ1v) is 6.85. The summed E-state index contributed by atoms with van der Waals surface area (Å²) in [5, 5.41) is 0. The van der Waals surface area contributed by atoms with Crippen LogP contribution in [0.2, 0.25) is 0 Å². The summed E-state index contributed by atoms with van der Waals surface area (Å²) >= 11 is -2.24. The first-order valence-electron chi connectivity index (χ1n) is 5.78. The summed E-state index contributed by atoms with van der Waals surface area (Å²) in [6, 6.07) is 6.60. The monoisotopic (exact) mass is 290 g/mol. The maximum absolute atomic E-state index is 10.9. The molecule has 1 heterocycles. The van der Waals surface area contributed by atoms with Crippen LogP contribution in [-0.2, 0) is 20.4 Å². The molecule has 1 aliphatic heterocycles. The zero-order chi connectivity index (χ0) is 13.6. The van der Waals surface area contributed by atoms with Crippen LogP contribution in [0.1, 0.15) is 27.7 Å². The fraction of sp³-hybridized carbons (Fsp3) is 0.500. The Kier molecular flexibility index (Phi) is 5.46. The van der Waals surface area contributed by atoms with Crippen LogP contribution < -0.4 is 35.0 Å². The molecule has 2 rings (SSSR count). The maximum atomic E-state index is 10.9. The molecule has 1 aromatic carbocycles. The van der Waals surface area contributed by atoms with E-state index in [9.17, 15) is 8.76 Å². The minimum Gasteiger partial charge on any atom is -0.768 e. The van der Waals surface area contributed by atoms with E-state index >= 15 is 0 Å². The van der Waals surface area contributed by atoms with E-state index in [4.69, 9.17) is 9.31 Å². The molecule has 7 heteroatoms. The van der Waals surface area contributed by atoms with Gasteiger partial charge >= 0.3 is 36.7 Å². The van der Waals surface area contributed by atoms with Crippen LogP contribution in [0.3, 0.4) is 0 Å². The average molecular weight is 290 g/mol. The molecule has 0 aromatic heterocycles. The molecule has 0 bridgehead atoms. The number of hydrogen-bond acceptors (Lipinski definition) is 4. The molecule has 1 fully saturated rings. The standard InChI is InChI=1S/C12H17BO4S.Na/c1-11(2)12(3,4)17-13(16-11)9-6-5-7-10(8-9)18(14)15;/h5-8H,1-4H3,(H,14,15);/q;+1/p-1. The van der Waals surface area contributed by atoms with Gasteiger partial charge in [-0.2, -0.15) is 0 Å². The summed E-state index contributed by atoms with van der Waals surface area (Å²) in [4.78, 5) is 0.238. The van der Waals surface area contributed by atoms with Gasteiger partial charge < -0.3 is 13.9 Å². The molecular formula is C12H16BNaO4S. The Morgan fingerprint density at radius 2 is 1.68 bits per heavy atom. The van der Waals surface area contributed by atoms with Gasteiger partial charge in [0, 0.05) is 4.90 Å². The Labute approximate surface area is 139 Å². The molecule has 0 amide bonds. The predicted octanol–water partition coefficient (Wildman–Crippen LogP) is -1.77. The van der Waals surface area contributed by atoms with Gasteiger partial charge in [-0.1, -0.05) is 12.1 Å². The molecule has 1 unspecified atom stereocenters. The molecule has 0 radical (unpaired) electrons. The zero-order valence-corrected chi connectivity index (χ0v) is 14.7. The third-order valence-electron chi connectivity index (χ3n) is 3.58. The van der Waals surface area contributed by atoms with Crippen LogP contribution in [0.25, 0.3) is 0 Å². The molecule has 0 saturated carbocycles. The second-order valence-corrected chi connectivity index (χ2v) is 6.34. The zero-order valence-electron chi connectivity index (χ0n) is 11.9. The van der Waals surface area contributed by atoms with Gasteiger partial charge in [-0.3, -0.25) is 4.21 Å². The summed E-state index contributed by atoms with van der Waals surface area (Å²) in [7, 11) is -0.529. The average Bonchev–Trinajstić information content (AvgIpc) is 2.48. The molecule has 19 heavy (non-hydrogen) atoms. The van der Waals surface area contributed by atoms with E-state index < -0.39 is 29.4 Å². The molecular weight excluding hydrogens is 274 g/mol. The molecule has 1 atom stereocenters. The summed E-state index contributed by atoms with van der Waals surface area (Å²) < 4.78 is 33.6. The van der Waals surface area contributed by atoms with Gasteiger partial charge in [0.1, 0.15) is 0 Å².